The highest BCUT2D eigenvalue weighted by molar-refractivity contribution is 5.94. The first kappa shape index (κ1) is 23.2. The number of nitrogens with one attached hydrogen (secondary N) is 1. The number of aromatic nitrogens is 1. The molecule has 1 N–H and O–H groups in total. The van der Waals surface area contributed by atoms with E-state index in [-0.39, 0.29) is 12.0 Å². The van der Waals surface area contributed by atoms with E-state index in [1.54, 1.807) is 25.3 Å². The molecule has 3 rings (SSSR count). The van der Waals surface area contributed by atoms with Gasteiger partial charge in [0.2, 0.25) is 0 Å². The Hall–Kier alpha value is -3.48. The number of amides is 1. The van der Waals surface area contributed by atoms with Crippen molar-refractivity contribution in [2.45, 2.75) is 46.8 Å². The normalized spacial score (nSPS) is 10.8. The van der Waals surface area contributed by atoms with Crippen molar-refractivity contribution in [3.8, 4) is 17.2 Å². The van der Waals surface area contributed by atoms with E-state index in [1.807, 2.05) is 52.0 Å². The number of rotatable bonds is 10. The Balaban J connectivity index is 1.55. The molecule has 0 fully saturated rings. The molecule has 0 atom stereocenters. The Labute approximate surface area is 188 Å². The van der Waals surface area contributed by atoms with Crippen LogP contribution < -0.4 is 19.5 Å². The van der Waals surface area contributed by atoms with Gasteiger partial charge in [-0.2, -0.15) is 0 Å². The molecule has 0 saturated carbocycles. The molecule has 0 saturated heterocycles. The third-order valence-corrected chi connectivity index (χ3v) is 4.97. The molecule has 32 heavy (non-hydrogen) atoms. The first-order chi connectivity index (χ1) is 15.4. The topological polar surface area (TPSA) is 82.8 Å². The van der Waals surface area contributed by atoms with E-state index in [4.69, 9.17) is 18.7 Å². The lowest BCUT2D eigenvalue weighted by molar-refractivity contribution is 0.0953. The van der Waals surface area contributed by atoms with Crippen molar-refractivity contribution in [1.82, 2.24) is 10.5 Å². The highest BCUT2D eigenvalue weighted by Gasteiger charge is 2.14. The van der Waals surface area contributed by atoms with Crippen LogP contribution in [-0.4, -0.2) is 30.8 Å². The van der Waals surface area contributed by atoms with Gasteiger partial charge in [0.1, 0.15) is 18.1 Å². The maximum Gasteiger partial charge on any atom is 0.251 e. The highest BCUT2D eigenvalue weighted by Crippen LogP contribution is 2.29. The first-order valence-electron chi connectivity index (χ1n) is 10.6. The number of ether oxygens (including phenoxy) is 3. The molecule has 0 aliphatic rings. The van der Waals surface area contributed by atoms with Gasteiger partial charge in [-0.15, -0.1) is 0 Å². The van der Waals surface area contributed by atoms with Crippen LogP contribution in [0.2, 0.25) is 0 Å². The average Bonchev–Trinajstić information content (AvgIpc) is 3.10. The number of benzene rings is 2. The summed E-state index contributed by atoms with van der Waals surface area (Å²) in [5.41, 5.74) is 3.33. The fourth-order valence-electron chi connectivity index (χ4n) is 3.22. The largest absolute Gasteiger partial charge is 0.493 e. The molecule has 2 aromatic carbocycles. The number of nitrogens with zero attached hydrogens (tertiary/aromatic N) is 1. The lowest BCUT2D eigenvalue weighted by Gasteiger charge is -2.13. The summed E-state index contributed by atoms with van der Waals surface area (Å²) in [7, 11) is 1.55. The summed E-state index contributed by atoms with van der Waals surface area (Å²) < 4.78 is 22.1. The fourth-order valence-corrected chi connectivity index (χ4v) is 3.22. The minimum absolute atomic E-state index is 0.143. The second-order valence-corrected chi connectivity index (χ2v) is 7.77. The molecular weight excluding hydrogens is 408 g/mol. The van der Waals surface area contributed by atoms with Gasteiger partial charge in [0.15, 0.2) is 11.5 Å². The Morgan fingerprint density at radius 2 is 1.84 bits per heavy atom. The van der Waals surface area contributed by atoms with Crippen LogP contribution in [-0.2, 0) is 13.0 Å². The van der Waals surface area contributed by atoms with E-state index >= 15 is 0 Å². The number of hydrogen-bond acceptors (Lipinski definition) is 6. The molecule has 0 bridgehead atoms. The van der Waals surface area contributed by atoms with Crippen LogP contribution in [0.1, 0.15) is 46.8 Å². The van der Waals surface area contributed by atoms with Gasteiger partial charge < -0.3 is 24.1 Å². The zero-order chi connectivity index (χ0) is 23.1. The standard InChI is InChI=1S/C25H30N2O5/c1-16(2)31-21-9-6-19(7-10-21)12-13-26-25(28)20-8-11-23(24(14-20)29-5)30-15-22-17(3)27-32-18(22)4/h6-11,14,16H,12-13,15H2,1-5H3,(H,26,28). The van der Waals surface area contributed by atoms with Crippen LogP contribution in [0.15, 0.2) is 47.0 Å². The van der Waals surface area contributed by atoms with Gasteiger partial charge in [-0.05, 0) is 70.0 Å². The quantitative estimate of drug-likeness (QED) is 0.497. The minimum Gasteiger partial charge on any atom is -0.493 e. The molecular formula is C25H30N2O5. The van der Waals surface area contributed by atoms with Crippen LogP contribution in [0.5, 0.6) is 17.2 Å². The van der Waals surface area contributed by atoms with Crippen LogP contribution in [0, 0.1) is 13.8 Å². The molecule has 1 amide bonds. The SMILES string of the molecule is COc1cc(C(=O)NCCc2ccc(OC(C)C)cc2)ccc1OCc1c(C)noc1C. The molecule has 170 valence electrons. The predicted octanol–water partition coefficient (Wildman–Crippen LogP) is 4.64. The molecule has 1 heterocycles. The zero-order valence-corrected chi connectivity index (χ0v) is 19.2. The number of aryl methyl sites for hydroxylation is 2. The van der Waals surface area contributed by atoms with Gasteiger partial charge in [0, 0.05) is 12.1 Å². The number of carbonyl (C=O) groups is 1. The van der Waals surface area contributed by atoms with E-state index < -0.39 is 0 Å². The van der Waals surface area contributed by atoms with Gasteiger partial charge >= 0.3 is 0 Å². The molecule has 0 spiro atoms. The molecule has 0 radical (unpaired) electrons. The van der Waals surface area contributed by atoms with E-state index in [9.17, 15) is 4.79 Å². The van der Waals surface area contributed by atoms with E-state index in [1.165, 1.54) is 0 Å². The molecule has 1 aromatic heterocycles. The average molecular weight is 439 g/mol. The van der Waals surface area contributed by atoms with Crippen LogP contribution in [0.25, 0.3) is 0 Å². The van der Waals surface area contributed by atoms with Crippen molar-refractivity contribution in [2.24, 2.45) is 0 Å². The molecule has 0 unspecified atom stereocenters. The van der Waals surface area contributed by atoms with Crippen molar-refractivity contribution in [3.63, 3.8) is 0 Å². The molecule has 7 nitrogen and oxygen atoms in total. The predicted molar refractivity (Wildman–Crippen MR) is 122 cm³/mol. The first-order valence-corrected chi connectivity index (χ1v) is 10.6. The van der Waals surface area contributed by atoms with E-state index in [0.717, 1.165) is 34.8 Å². The highest BCUT2D eigenvalue weighted by atomic mass is 16.5. The van der Waals surface area contributed by atoms with Crippen molar-refractivity contribution in [1.29, 1.82) is 0 Å². The van der Waals surface area contributed by atoms with Crippen LogP contribution >= 0.6 is 0 Å². The Morgan fingerprint density at radius 3 is 2.47 bits per heavy atom. The Morgan fingerprint density at radius 1 is 1.09 bits per heavy atom. The summed E-state index contributed by atoms with van der Waals surface area (Å²) in [6.45, 7) is 8.54. The number of methoxy groups -OCH3 is 1. The summed E-state index contributed by atoms with van der Waals surface area (Å²) in [5.74, 6) is 2.44. The van der Waals surface area contributed by atoms with E-state index in [2.05, 4.69) is 10.5 Å². The summed E-state index contributed by atoms with van der Waals surface area (Å²) in [4.78, 5) is 12.6. The smallest absolute Gasteiger partial charge is 0.251 e. The monoisotopic (exact) mass is 438 g/mol. The van der Waals surface area contributed by atoms with Crippen LogP contribution in [0.3, 0.4) is 0 Å². The van der Waals surface area contributed by atoms with Gasteiger partial charge in [0.05, 0.1) is 24.5 Å². The second-order valence-electron chi connectivity index (χ2n) is 7.77. The lowest BCUT2D eigenvalue weighted by atomic mass is 10.1. The number of hydrogen-bond donors (Lipinski definition) is 1. The fraction of sp³-hybridized carbons (Fsp3) is 0.360. The summed E-state index contributed by atoms with van der Waals surface area (Å²) >= 11 is 0. The van der Waals surface area contributed by atoms with Crippen molar-refractivity contribution in [3.05, 3.63) is 70.6 Å². The van der Waals surface area contributed by atoms with Gasteiger partial charge in [-0.1, -0.05) is 17.3 Å². The molecule has 3 aromatic rings. The summed E-state index contributed by atoms with van der Waals surface area (Å²) in [5, 5.41) is 6.88. The number of carbonyl (C=O) groups excluding carboxylic acids is 1. The van der Waals surface area contributed by atoms with Gasteiger partial charge in [-0.25, -0.2) is 0 Å². The molecule has 0 aliphatic carbocycles. The van der Waals surface area contributed by atoms with E-state index in [0.29, 0.717) is 30.2 Å². The summed E-state index contributed by atoms with van der Waals surface area (Å²) in [6, 6.07) is 13.1. The van der Waals surface area contributed by atoms with Crippen molar-refractivity contribution in [2.75, 3.05) is 13.7 Å². The maximum absolute atomic E-state index is 12.6. The van der Waals surface area contributed by atoms with Gasteiger partial charge in [0.25, 0.3) is 5.91 Å². The zero-order valence-electron chi connectivity index (χ0n) is 19.2. The summed E-state index contributed by atoms with van der Waals surface area (Å²) in [6.07, 6.45) is 0.869. The minimum atomic E-state index is -0.166. The molecule has 0 aliphatic heterocycles. The van der Waals surface area contributed by atoms with Gasteiger partial charge in [-0.3, -0.25) is 4.79 Å². The third-order valence-electron chi connectivity index (χ3n) is 4.97. The Bertz CT molecular complexity index is 1020. The van der Waals surface area contributed by atoms with Crippen LogP contribution in [0.4, 0.5) is 0 Å². The lowest BCUT2D eigenvalue weighted by Crippen LogP contribution is -2.25. The third kappa shape index (κ3) is 6.03. The van der Waals surface area contributed by atoms with Crippen molar-refractivity contribution < 1.29 is 23.5 Å². The molecule has 7 heteroatoms. The second kappa shape index (κ2) is 10.7. The van der Waals surface area contributed by atoms with Crippen molar-refractivity contribution >= 4 is 5.91 Å². The Kier molecular flexibility index (Phi) is 7.76. The maximum atomic E-state index is 12.6.